The van der Waals surface area contributed by atoms with Gasteiger partial charge < -0.3 is 4.57 Å². The second-order valence-electron chi connectivity index (χ2n) is 3.43. The Morgan fingerprint density at radius 1 is 1.27 bits per heavy atom. The molecule has 0 saturated carbocycles. The molecule has 0 radical (unpaired) electrons. The predicted octanol–water partition coefficient (Wildman–Crippen LogP) is 2.14. The second-order valence-corrected chi connectivity index (χ2v) is 4.71. The van der Waals surface area contributed by atoms with Gasteiger partial charge in [-0.3, -0.25) is 0 Å². The van der Waals surface area contributed by atoms with Crippen LogP contribution in [0.15, 0.2) is 29.2 Å². The molecule has 2 rings (SSSR count). The van der Waals surface area contributed by atoms with E-state index < -0.39 is 10.2 Å². The highest BCUT2D eigenvalue weighted by molar-refractivity contribution is 7.86. The van der Waals surface area contributed by atoms with E-state index in [9.17, 15) is 12.3 Å². The van der Waals surface area contributed by atoms with Gasteiger partial charge in [0.25, 0.3) is 0 Å². The van der Waals surface area contributed by atoms with Crippen molar-refractivity contribution in [2.75, 3.05) is 0 Å². The molecule has 1 aromatic heterocycles. The molecule has 0 spiro atoms. The third kappa shape index (κ3) is 1.43. The van der Waals surface area contributed by atoms with Crippen molar-refractivity contribution in [2.24, 2.45) is 7.05 Å². The van der Waals surface area contributed by atoms with Crippen LogP contribution in [0, 0.1) is 6.92 Å². The first-order chi connectivity index (χ1) is 6.93. The number of para-hydroxylation sites is 1. The number of nitrogens with zero attached hydrogens (tertiary/aromatic N) is 1. The molecule has 0 fully saturated rings. The zero-order valence-electron chi connectivity index (χ0n) is 8.36. The Kier molecular flexibility index (Phi) is 2.08. The standard InChI is InChI=1S/C10H10FNO2S/c1-7-10(15(11,13)14)8-5-3-4-6-9(8)12(7)2/h3-6H,1-2H3. The first-order valence-electron chi connectivity index (χ1n) is 4.41. The first kappa shape index (κ1) is 10.2. The molecule has 0 saturated heterocycles. The first-order valence-corrected chi connectivity index (χ1v) is 5.80. The predicted molar refractivity (Wildman–Crippen MR) is 55.9 cm³/mol. The molecule has 80 valence electrons. The van der Waals surface area contributed by atoms with Crippen LogP contribution in [0.25, 0.3) is 10.9 Å². The fraction of sp³-hybridized carbons (Fsp3) is 0.200. The van der Waals surface area contributed by atoms with Crippen LogP contribution < -0.4 is 0 Å². The minimum atomic E-state index is -4.66. The number of halogens is 1. The molecule has 1 heterocycles. The van der Waals surface area contributed by atoms with Gasteiger partial charge in [0.2, 0.25) is 0 Å². The highest BCUT2D eigenvalue weighted by Crippen LogP contribution is 2.29. The lowest BCUT2D eigenvalue weighted by atomic mass is 10.2. The lowest BCUT2D eigenvalue weighted by Crippen LogP contribution is -1.96. The lowest BCUT2D eigenvalue weighted by molar-refractivity contribution is 0.552. The topological polar surface area (TPSA) is 39.1 Å². The summed E-state index contributed by atoms with van der Waals surface area (Å²) in [6, 6.07) is 6.85. The van der Waals surface area contributed by atoms with Crippen molar-refractivity contribution in [3.05, 3.63) is 30.0 Å². The Labute approximate surface area is 87.3 Å². The minimum absolute atomic E-state index is 0.222. The highest BCUT2D eigenvalue weighted by atomic mass is 32.3. The van der Waals surface area contributed by atoms with E-state index in [-0.39, 0.29) is 4.90 Å². The summed E-state index contributed by atoms with van der Waals surface area (Å²) in [6.07, 6.45) is 0. The normalized spacial score (nSPS) is 12.2. The Hall–Kier alpha value is -1.36. The molecule has 2 aromatic rings. The van der Waals surface area contributed by atoms with Gasteiger partial charge in [0.15, 0.2) is 0 Å². The summed E-state index contributed by atoms with van der Waals surface area (Å²) in [5.74, 6) is 0. The Bertz CT molecular complexity index is 628. The van der Waals surface area contributed by atoms with Crippen molar-refractivity contribution in [2.45, 2.75) is 11.8 Å². The molecule has 0 aliphatic rings. The van der Waals surface area contributed by atoms with Gasteiger partial charge in [-0.05, 0) is 13.0 Å². The summed E-state index contributed by atoms with van der Waals surface area (Å²) >= 11 is 0. The summed E-state index contributed by atoms with van der Waals surface area (Å²) in [4.78, 5) is -0.222. The maximum absolute atomic E-state index is 13.1. The van der Waals surface area contributed by atoms with Crippen molar-refractivity contribution in [1.82, 2.24) is 4.57 Å². The van der Waals surface area contributed by atoms with Gasteiger partial charge >= 0.3 is 10.2 Å². The number of benzene rings is 1. The molecule has 0 N–H and O–H groups in total. The van der Waals surface area contributed by atoms with E-state index in [2.05, 4.69) is 0 Å². The van der Waals surface area contributed by atoms with Crippen LogP contribution in [0.3, 0.4) is 0 Å². The highest BCUT2D eigenvalue weighted by Gasteiger charge is 2.22. The van der Waals surface area contributed by atoms with Gasteiger partial charge in [0, 0.05) is 23.6 Å². The van der Waals surface area contributed by atoms with E-state index in [0.717, 1.165) is 0 Å². The van der Waals surface area contributed by atoms with Crippen LogP contribution >= 0.6 is 0 Å². The van der Waals surface area contributed by atoms with Crippen LogP contribution in [0.1, 0.15) is 5.69 Å². The van der Waals surface area contributed by atoms with Crippen molar-refractivity contribution < 1.29 is 12.3 Å². The molecule has 0 unspecified atom stereocenters. The van der Waals surface area contributed by atoms with Gasteiger partial charge in [0.05, 0.1) is 0 Å². The number of hydrogen-bond acceptors (Lipinski definition) is 2. The van der Waals surface area contributed by atoms with E-state index in [1.165, 1.54) is 0 Å². The fourth-order valence-corrected chi connectivity index (χ4v) is 2.72. The molecule has 15 heavy (non-hydrogen) atoms. The Morgan fingerprint density at radius 2 is 1.87 bits per heavy atom. The molecule has 3 nitrogen and oxygen atoms in total. The summed E-state index contributed by atoms with van der Waals surface area (Å²) in [7, 11) is -2.95. The van der Waals surface area contributed by atoms with Gasteiger partial charge in [-0.15, -0.1) is 3.89 Å². The fourth-order valence-electron chi connectivity index (χ4n) is 1.79. The number of hydrogen-bond donors (Lipinski definition) is 0. The maximum Gasteiger partial charge on any atom is 0.334 e. The number of aryl methyl sites for hydroxylation is 1. The van der Waals surface area contributed by atoms with Crippen LogP contribution in [-0.2, 0) is 17.3 Å². The Balaban J connectivity index is 3.03. The SMILES string of the molecule is Cc1c(S(=O)(=O)F)c2ccccc2n1C. The lowest BCUT2D eigenvalue weighted by Gasteiger charge is -1.97. The van der Waals surface area contributed by atoms with Gasteiger partial charge in [-0.2, -0.15) is 8.42 Å². The third-order valence-electron chi connectivity index (χ3n) is 2.59. The Morgan fingerprint density at radius 3 is 2.47 bits per heavy atom. The summed E-state index contributed by atoms with van der Waals surface area (Å²) in [5, 5.41) is 0.431. The number of aromatic nitrogens is 1. The smallest absolute Gasteiger partial charge is 0.334 e. The molecule has 5 heteroatoms. The summed E-state index contributed by atoms with van der Waals surface area (Å²) in [5.41, 5.74) is 1.13. The second kappa shape index (κ2) is 3.06. The zero-order valence-corrected chi connectivity index (χ0v) is 9.18. The molecule has 0 amide bonds. The van der Waals surface area contributed by atoms with Crippen molar-refractivity contribution in [3.8, 4) is 0 Å². The van der Waals surface area contributed by atoms with Crippen molar-refractivity contribution >= 4 is 21.1 Å². The molecule has 1 aromatic carbocycles. The monoisotopic (exact) mass is 227 g/mol. The van der Waals surface area contributed by atoms with E-state index in [0.29, 0.717) is 16.6 Å². The van der Waals surface area contributed by atoms with Crippen molar-refractivity contribution in [3.63, 3.8) is 0 Å². The quantitative estimate of drug-likeness (QED) is 0.700. The van der Waals surface area contributed by atoms with E-state index in [4.69, 9.17) is 0 Å². The summed E-state index contributed by atoms with van der Waals surface area (Å²) in [6.45, 7) is 1.59. The van der Waals surface area contributed by atoms with Gasteiger partial charge in [0.1, 0.15) is 4.90 Å². The van der Waals surface area contributed by atoms with E-state index in [1.54, 1.807) is 42.8 Å². The zero-order chi connectivity index (χ0) is 11.2. The minimum Gasteiger partial charge on any atom is -0.347 e. The molecule has 0 atom stereocenters. The molecular formula is C10H10FNO2S. The largest absolute Gasteiger partial charge is 0.347 e. The average molecular weight is 227 g/mol. The van der Waals surface area contributed by atoms with Gasteiger partial charge in [-0.25, -0.2) is 0 Å². The molecular weight excluding hydrogens is 217 g/mol. The molecule has 0 aliphatic heterocycles. The van der Waals surface area contributed by atoms with Crippen LogP contribution in [0.4, 0.5) is 3.89 Å². The summed E-state index contributed by atoms with van der Waals surface area (Å²) < 4.78 is 36.8. The van der Waals surface area contributed by atoms with Gasteiger partial charge in [-0.1, -0.05) is 18.2 Å². The average Bonchev–Trinajstić information content (AvgIpc) is 2.39. The van der Waals surface area contributed by atoms with E-state index in [1.807, 2.05) is 0 Å². The van der Waals surface area contributed by atoms with Crippen LogP contribution in [-0.4, -0.2) is 13.0 Å². The molecule has 0 bridgehead atoms. The maximum atomic E-state index is 13.1. The number of fused-ring (bicyclic) bond motifs is 1. The van der Waals surface area contributed by atoms with Crippen LogP contribution in [0.5, 0.6) is 0 Å². The molecule has 0 aliphatic carbocycles. The van der Waals surface area contributed by atoms with E-state index >= 15 is 0 Å². The van der Waals surface area contributed by atoms with Crippen LogP contribution in [0.2, 0.25) is 0 Å². The number of rotatable bonds is 1. The third-order valence-corrected chi connectivity index (χ3v) is 3.59. The van der Waals surface area contributed by atoms with Crippen molar-refractivity contribution in [1.29, 1.82) is 0 Å².